The molecule has 0 aromatic carbocycles. The van der Waals surface area contributed by atoms with Crippen LogP contribution in [0.15, 0.2) is 28.9 Å². The molecule has 1 aromatic rings. The number of ketones is 1. The Hall–Kier alpha value is -2.33. The van der Waals surface area contributed by atoms with Gasteiger partial charge in [-0.05, 0) is 38.8 Å². The summed E-state index contributed by atoms with van der Waals surface area (Å²) in [6, 6.07) is -0.370. The van der Waals surface area contributed by atoms with E-state index in [2.05, 4.69) is 16.9 Å². The molecule has 2 saturated heterocycles. The Labute approximate surface area is 219 Å². The van der Waals surface area contributed by atoms with E-state index in [9.17, 15) is 19.8 Å². The molecule has 9 heteroatoms. The summed E-state index contributed by atoms with van der Waals surface area (Å²) < 4.78 is 17.2. The van der Waals surface area contributed by atoms with E-state index in [0.29, 0.717) is 31.0 Å². The number of amides is 1. The topological polar surface area (TPSA) is 134 Å². The van der Waals surface area contributed by atoms with Gasteiger partial charge >= 0.3 is 0 Å². The van der Waals surface area contributed by atoms with Crippen LogP contribution in [0.1, 0.15) is 71.9 Å². The van der Waals surface area contributed by atoms with Crippen molar-refractivity contribution in [3.63, 3.8) is 0 Å². The molecule has 2 aliphatic heterocycles. The van der Waals surface area contributed by atoms with E-state index in [-0.39, 0.29) is 36.7 Å². The van der Waals surface area contributed by atoms with Gasteiger partial charge in [0.15, 0.2) is 5.89 Å². The number of epoxide rings is 1. The molecule has 7 atom stereocenters. The van der Waals surface area contributed by atoms with Gasteiger partial charge in [-0.2, -0.15) is 0 Å². The minimum atomic E-state index is -1.28. The zero-order valence-corrected chi connectivity index (χ0v) is 22.8. The van der Waals surface area contributed by atoms with Gasteiger partial charge in [0.05, 0.1) is 53.8 Å². The number of hydrogen-bond acceptors (Lipinski definition) is 8. The smallest absolute Gasteiger partial charge is 0.223 e. The van der Waals surface area contributed by atoms with E-state index in [1.54, 1.807) is 40.0 Å². The first kappa shape index (κ1) is 29.2. The van der Waals surface area contributed by atoms with Crippen molar-refractivity contribution in [1.29, 1.82) is 0 Å². The number of fused-ring (bicyclic) bond motifs is 1. The van der Waals surface area contributed by atoms with E-state index in [0.717, 1.165) is 5.57 Å². The van der Waals surface area contributed by atoms with Crippen LogP contribution in [-0.2, 0) is 19.1 Å². The summed E-state index contributed by atoms with van der Waals surface area (Å²) in [5.41, 5.74) is -0.186. The highest BCUT2D eigenvalue weighted by Gasteiger charge is 2.53. The number of carbonyl (C=O) groups is 2. The molecule has 2 aliphatic rings. The summed E-state index contributed by atoms with van der Waals surface area (Å²) in [5, 5.41) is 25.0. The lowest BCUT2D eigenvalue weighted by Gasteiger charge is -2.35. The zero-order valence-electron chi connectivity index (χ0n) is 22.8. The molecule has 0 radical (unpaired) electrons. The molecule has 0 bridgehead atoms. The molecular weight excluding hydrogens is 476 g/mol. The number of nitrogens with one attached hydrogen (secondary N) is 1. The number of aliphatic hydroxyl groups is 2. The second-order valence-electron chi connectivity index (χ2n) is 11.2. The fourth-order valence-electron chi connectivity index (χ4n) is 4.94. The average Bonchev–Trinajstić information content (AvgIpc) is 3.27. The number of aliphatic hydroxyl groups excluding tert-OH is 2. The van der Waals surface area contributed by atoms with Gasteiger partial charge in [0.1, 0.15) is 17.7 Å². The molecule has 206 valence electrons. The van der Waals surface area contributed by atoms with Gasteiger partial charge in [-0.15, -0.1) is 6.58 Å². The van der Waals surface area contributed by atoms with Crippen molar-refractivity contribution in [2.24, 2.45) is 11.3 Å². The van der Waals surface area contributed by atoms with Gasteiger partial charge < -0.3 is 29.4 Å². The van der Waals surface area contributed by atoms with Gasteiger partial charge in [-0.25, -0.2) is 4.98 Å². The van der Waals surface area contributed by atoms with Crippen molar-refractivity contribution in [2.45, 2.75) is 103 Å². The fraction of sp³-hybridized carbons (Fsp3) is 0.679. The SMILES string of the molecule is C=CC[C@H]1C(=O)C(C)(C)[C@@H](O)CC(=O)N[C@H](C(C)=Cc2coc(C)n2)C[C@@H]2O[C@]2(C)CCO[C@H](C)[C@H]1O. The third-order valence-corrected chi connectivity index (χ3v) is 7.86. The Balaban J connectivity index is 1.88. The van der Waals surface area contributed by atoms with Crippen molar-refractivity contribution in [1.82, 2.24) is 10.3 Å². The number of aryl methyl sites for hydroxylation is 1. The predicted octanol–water partition coefficient (Wildman–Crippen LogP) is 3.13. The predicted molar refractivity (Wildman–Crippen MR) is 138 cm³/mol. The van der Waals surface area contributed by atoms with Crippen LogP contribution in [0, 0.1) is 18.3 Å². The Bertz CT molecular complexity index is 1020. The normalized spacial score (nSPS) is 35.9. The molecule has 0 aliphatic carbocycles. The lowest BCUT2D eigenvalue weighted by Crippen LogP contribution is -2.49. The third kappa shape index (κ3) is 6.96. The number of allylic oxidation sites excluding steroid dienone is 1. The second-order valence-corrected chi connectivity index (χ2v) is 11.2. The van der Waals surface area contributed by atoms with E-state index in [4.69, 9.17) is 13.9 Å². The standard InChI is InChI=1S/C28H42N2O7/c1-8-9-20-25(33)17(3)35-11-10-28(7)23(37-28)13-21(16(2)12-19-15-36-18(4)29-19)30-24(32)14-22(31)27(5,6)26(20)34/h8,12,15,17,20-23,25,31,33H,1,9-11,13-14H2,2-7H3,(H,30,32)/t17-,20-,21+,22+,23+,25-,28-/m1/s1. The Kier molecular flexibility index (Phi) is 9.16. The van der Waals surface area contributed by atoms with Crippen molar-refractivity contribution in [3.05, 3.63) is 36.1 Å². The Morgan fingerprint density at radius 2 is 2.00 bits per heavy atom. The first-order valence-electron chi connectivity index (χ1n) is 13.0. The van der Waals surface area contributed by atoms with Crippen LogP contribution in [-0.4, -0.2) is 69.6 Å². The summed E-state index contributed by atoms with van der Waals surface area (Å²) in [4.78, 5) is 30.9. The largest absolute Gasteiger partial charge is 0.449 e. The molecule has 0 spiro atoms. The highest BCUT2D eigenvalue weighted by molar-refractivity contribution is 5.88. The zero-order chi connectivity index (χ0) is 27.5. The summed E-state index contributed by atoms with van der Waals surface area (Å²) in [5.74, 6) is -0.996. The fourth-order valence-corrected chi connectivity index (χ4v) is 4.94. The van der Waals surface area contributed by atoms with Crippen molar-refractivity contribution in [2.75, 3.05) is 6.61 Å². The maximum atomic E-state index is 13.5. The quantitative estimate of drug-likeness (QED) is 0.409. The molecule has 3 rings (SSSR count). The number of nitrogens with zero attached hydrogens (tertiary/aromatic N) is 1. The highest BCUT2D eigenvalue weighted by atomic mass is 16.6. The van der Waals surface area contributed by atoms with Crippen molar-refractivity contribution >= 4 is 17.8 Å². The number of carbonyl (C=O) groups excluding carboxylic acids is 2. The molecule has 1 aromatic heterocycles. The summed E-state index contributed by atoms with van der Waals surface area (Å²) >= 11 is 0. The lowest BCUT2D eigenvalue weighted by atomic mass is 9.72. The minimum absolute atomic E-state index is 0.103. The van der Waals surface area contributed by atoms with E-state index in [1.165, 1.54) is 0 Å². The molecule has 0 unspecified atom stereocenters. The van der Waals surface area contributed by atoms with Crippen LogP contribution in [0.5, 0.6) is 0 Å². The average molecular weight is 519 g/mol. The maximum Gasteiger partial charge on any atom is 0.223 e. The number of rotatable bonds is 4. The third-order valence-electron chi connectivity index (χ3n) is 7.86. The van der Waals surface area contributed by atoms with Crippen molar-refractivity contribution < 1.29 is 33.7 Å². The van der Waals surface area contributed by atoms with E-state index < -0.39 is 35.2 Å². The van der Waals surface area contributed by atoms with Crippen LogP contribution in [0.4, 0.5) is 0 Å². The number of aromatic nitrogens is 1. The maximum absolute atomic E-state index is 13.5. The van der Waals surface area contributed by atoms with Crippen LogP contribution in [0.25, 0.3) is 6.08 Å². The summed E-state index contributed by atoms with van der Waals surface area (Å²) in [7, 11) is 0. The van der Waals surface area contributed by atoms with Crippen LogP contribution in [0.2, 0.25) is 0 Å². The van der Waals surface area contributed by atoms with Crippen LogP contribution >= 0.6 is 0 Å². The van der Waals surface area contributed by atoms with Gasteiger partial charge in [-0.3, -0.25) is 9.59 Å². The van der Waals surface area contributed by atoms with E-state index >= 15 is 0 Å². The molecule has 3 N–H and O–H groups in total. The molecule has 2 fully saturated rings. The number of Topliss-reactive ketones (excluding diaryl/α,β-unsaturated/α-hetero) is 1. The van der Waals surface area contributed by atoms with Gasteiger partial charge in [0.2, 0.25) is 5.91 Å². The monoisotopic (exact) mass is 518 g/mol. The number of hydrogen-bond donors (Lipinski definition) is 3. The molecule has 37 heavy (non-hydrogen) atoms. The first-order chi connectivity index (χ1) is 17.3. The minimum Gasteiger partial charge on any atom is -0.449 e. The molecular formula is C28H42N2O7. The van der Waals surface area contributed by atoms with Crippen LogP contribution in [0.3, 0.4) is 0 Å². The van der Waals surface area contributed by atoms with Crippen molar-refractivity contribution in [3.8, 4) is 0 Å². The molecule has 0 saturated carbocycles. The molecule has 9 nitrogen and oxygen atoms in total. The van der Waals surface area contributed by atoms with Crippen LogP contribution < -0.4 is 5.32 Å². The second kappa shape index (κ2) is 11.6. The first-order valence-corrected chi connectivity index (χ1v) is 13.0. The highest BCUT2D eigenvalue weighted by Crippen LogP contribution is 2.43. The van der Waals surface area contributed by atoms with Gasteiger partial charge in [-0.1, -0.05) is 19.9 Å². The Morgan fingerprint density at radius 3 is 2.62 bits per heavy atom. The lowest BCUT2D eigenvalue weighted by molar-refractivity contribution is -0.147. The van der Waals surface area contributed by atoms with E-state index in [1.807, 2.05) is 19.9 Å². The van der Waals surface area contributed by atoms with Gasteiger partial charge in [0, 0.05) is 26.4 Å². The summed E-state index contributed by atoms with van der Waals surface area (Å²) in [6.45, 7) is 14.7. The number of oxazole rings is 1. The number of ether oxygens (including phenoxy) is 2. The molecule has 3 heterocycles. The summed E-state index contributed by atoms with van der Waals surface area (Å²) in [6.07, 6.45) is 3.03. The van der Waals surface area contributed by atoms with Gasteiger partial charge in [0.25, 0.3) is 0 Å². The molecule has 1 amide bonds. The Morgan fingerprint density at radius 1 is 1.30 bits per heavy atom.